The van der Waals surface area contributed by atoms with Crippen LogP contribution in [-0.2, 0) is 12.8 Å². The minimum absolute atomic E-state index is 0.0742. The molecule has 0 aromatic carbocycles. The van der Waals surface area contributed by atoms with Gasteiger partial charge in [0.25, 0.3) is 0 Å². The number of carbonyl (C=O) groups is 1. The Balaban J connectivity index is 2.46. The number of aryl methyl sites for hydroxylation is 1. The monoisotopic (exact) mass is 249 g/mol. The number of nitrogens with zero attached hydrogens (tertiary/aromatic N) is 1. The number of fused-ring (bicyclic) bond motifs is 1. The molecule has 0 aliphatic heterocycles. The standard InChI is InChI=1S/C14H19NOS/c1-10(16)13-9-11-7-5-3-4-6-8-12(11)14(15-13)17-2/h9H,3-8H2,1-2H3. The van der Waals surface area contributed by atoms with Crippen molar-refractivity contribution in [2.24, 2.45) is 0 Å². The van der Waals surface area contributed by atoms with Crippen LogP contribution in [-0.4, -0.2) is 17.0 Å². The summed E-state index contributed by atoms with van der Waals surface area (Å²) in [6.45, 7) is 1.60. The van der Waals surface area contributed by atoms with Crippen molar-refractivity contribution in [3.63, 3.8) is 0 Å². The van der Waals surface area contributed by atoms with E-state index in [2.05, 4.69) is 4.98 Å². The fourth-order valence-electron chi connectivity index (χ4n) is 2.41. The summed E-state index contributed by atoms with van der Waals surface area (Å²) in [5, 5.41) is 1.06. The van der Waals surface area contributed by atoms with Crippen LogP contribution in [0.25, 0.3) is 0 Å². The van der Waals surface area contributed by atoms with E-state index in [0.717, 1.165) is 17.9 Å². The molecule has 1 aliphatic rings. The first-order valence-corrected chi connectivity index (χ1v) is 7.52. The second kappa shape index (κ2) is 5.67. The number of rotatable bonds is 2. The van der Waals surface area contributed by atoms with Crippen LogP contribution >= 0.6 is 11.8 Å². The van der Waals surface area contributed by atoms with E-state index >= 15 is 0 Å². The van der Waals surface area contributed by atoms with Crippen molar-refractivity contribution in [2.45, 2.75) is 50.5 Å². The summed E-state index contributed by atoms with van der Waals surface area (Å²) in [6, 6.07) is 2.02. The van der Waals surface area contributed by atoms with Crippen molar-refractivity contribution >= 4 is 17.5 Å². The molecule has 92 valence electrons. The van der Waals surface area contributed by atoms with Crippen molar-refractivity contribution < 1.29 is 4.79 Å². The Hall–Kier alpha value is -0.830. The van der Waals surface area contributed by atoms with Crippen molar-refractivity contribution in [3.05, 3.63) is 22.9 Å². The van der Waals surface area contributed by atoms with Gasteiger partial charge in [-0.1, -0.05) is 12.8 Å². The third-order valence-electron chi connectivity index (χ3n) is 3.36. The van der Waals surface area contributed by atoms with Gasteiger partial charge in [-0.05, 0) is 49.1 Å². The maximum absolute atomic E-state index is 11.5. The summed E-state index contributed by atoms with van der Waals surface area (Å²) in [4.78, 5) is 16.0. The number of aromatic nitrogens is 1. The molecule has 0 unspecified atom stereocenters. The Morgan fingerprint density at radius 1 is 1.24 bits per heavy atom. The van der Waals surface area contributed by atoms with Gasteiger partial charge in [0.1, 0.15) is 10.7 Å². The van der Waals surface area contributed by atoms with Gasteiger partial charge in [0.05, 0.1) is 0 Å². The van der Waals surface area contributed by atoms with Crippen LogP contribution < -0.4 is 0 Å². The van der Waals surface area contributed by atoms with Gasteiger partial charge in [-0.15, -0.1) is 11.8 Å². The SMILES string of the molecule is CSc1nc(C(C)=O)cc2c1CCCCCC2. The predicted octanol–water partition coefficient (Wildman–Crippen LogP) is 3.67. The van der Waals surface area contributed by atoms with E-state index in [0.29, 0.717) is 5.69 Å². The minimum Gasteiger partial charge on any atom is -0.293 e. The van der Waals surface area contributed by atoms with E-state index in [1.807, 2.05) is 12.3 Å². The summed E-state index contributed by atoms with van der Waals surface area (Å²) >= 11 is 1.67. The molecule has 17 heavy (non-hydrogen) atoms. The zero-order valence-corrected chi connectivity index (χ0v) is 11.4. The molecule has 2 rings (SSSR count). The number of ketones is 1. The molecule has 1 aromatic rings. The highest BCUT2D eigenvalue weighted by Crippen LogP contribution is 2.28. The van der Waals surface area contributed by atoms with Crippen LogP contribution in [0.1, 0.15) is 54.2 Å². The van der Waals surface area contributed by atoms with Gasteiger partial charge in [-0.2, -0.15) is 0 Å². The van der Waals surface area contributed by atoms with Crippen LogP contribution in [0.15, 0.2) is 11.1 Å². The van der Waals surface area contributed by atoms with E-state index in [1.165, 1.54) is 36.8 Å². The molecule has 0 atom stereocenters. The second-order valence-corrected chi connectivity index (χ2v) is 5.42. The quantitative estimate of drug-likeness (QED) is 0.592. The number of thioether (sulfide) groups is 1. The number of Topliss-reactive ketones (excluding diaryl/α,β-unsaturated/α-hetero) is 1. The van der Waals surface area contributed by atoms with E-state index < -0.39 is 0 Å². The Bertz CT molecular complexity index is 428. The smallest absolute Gasteiger partial charge is 0.178 e. The lowest BCUT2D eigenvalue weighted by atomic mass is 9.94. The molecular formula is C14H19NOS. The summed E-state index contributed by atoms with van der Waals surface area (Å²) in [5.41, 5.74) is 3.38. The maximum Gasteiger partial charge on any atom is 0.178 e. The van der Waals surface area contributed by atoms with Crippen molar-refractivity contribution in [2.75, 3.05) is 6.26 Å². The van der Waals surface area contributed by atoms with E-state index in [4.69, 9.17) is 0 Å². The lowest BCUT2D eigenvalue weighted by Crippen LogP contribution is -2.07. The topological polar surface area (TPSA) is 30.0 Å². The molecule has 0 fully saturated rings. The van der Waals surface area contributed by atoms with Gasteiger partial charge in [0, 0.05) is 6.92 Å². The average molecular weight is 249 g/mol. The largest absolute Gasteiger partial charge is 0.293 e. The molecule has 0 bridgehead atoms. The normalized spacial score (nSPS) is 15.9. The highest BCUT2D eigenvalue weighted by molar-refractivity contribution is 7.98. The molecule has 0 saturated heterocycles. The number of hydrogen-bond acceptors (Lipinski definition) is 3. The number of hydrogen-bond donors (Lipinski definition) is 0. The molecule has 0 N–H and O–H groups in total. The second-order valence-electron chi connectivity index (χ2n) is 4.62. The average Bonchev–Trinajstić information content (AvgIpc) is 2.28. The Morgan fingerprint density at radius 3 is 2.59 bits per heavy atom. The van der Waals surface area contributed by atoms with Gasteiger partial charge in [0.15, 0.2) is 5.78 Å². The molecular weight excluding hydrogens is 230 g/mol. The number of pyridine rings is 1. The van der Waals surface area contributed by atoms with Gasteiger partial charge < -0.3 is 0 Å². The van der Waals surface area contributed by atoms with E-state index in [-0.39, 0.29) is 5.78 Å². The highest BCUT2D eigenvalue weighted by atomic mass is 32.2. The van der Waals surface area contributed by atoms with Crippen LogP contribution in [0, 0.1) is 0 Å². The van der Waals surface area contributed by atoms with Gasteiger partial charge in [-0.3, -0.25) is 4.79 Å². The van der Waals surface area contributed by atoms with E-state index in [1.54, 1.807) is 18.7 Å². The van der Waals surface area contributed by atoms with Crippen molar-refractivity contribution in [3.8, 4) is 0 Å². The zero-order chi connectivity index (χ0) is 12.3. The maximum atomic E-state index is 11.5. The van der Waals surface area contributed by atoms with Gasteiger partial charge in [0.2, 0.25) is 0 Å². The first kappa shape index (κ1) is 12.6. The third kappa shape index (κ3) is 2.89. The molecule has 3 heteroatoms. The summed E-state index contributed by atoms with van der Waals surface area (Å²) in [6.07, 6.45) is 9.39. The predicted molar refractivity (Wildman–Crippen MR) is 71.9 cm³/mol. The van der Waals surface area contributed by atoms with Crippen LogP contribution in [0.4, 0.5) is 0 Å². The molecule has 1 heterocycles. The Labute approximate surface area is 107 Å². The van der Waals surface area contributed by atoms with E-state index in [9.17, 15) is 4.79 Å². The number of carbonyl (C=O) groups excluding carboxylic acids is 1. The van der Waals surface area contributed by atoms with Crippen LogP contribution in [0.3, 0.4) is 0 Å². The Morgan fingerprint density at radius 2 is 1.94 bits per heavy atom. The zero-order valence-electron chi connectivity index (χ0n) is 10.6. The summed E-state index contributed by atoms with van der Waals surface area (Å²) < 4.78 is 0. The van der Waals surface area contributed by atoms with Gasteiger partial charge in [-0.25, -0.2) is 4.98 Å². The van der Waals surface area contributed by atoms with Crippen molar-refractivity contribution in [1.82, 2.24) is 4.98 Å². The summed E-state index contributed by atoms with van der Waals surface area (Å²) in [5.74, 6) is 0.0742. The molecule has 0 amide bonds. The highest BCUT2D eigenvalue weighted by Gasteiger charge is 2.15. The van der Waals surface area contributed by atoms with Crippen molar-refractivity contribution in [1.29, 1.82) is 0 Å². The van der Waals surface area contributed by atoms with Crippen LogP contribution in [0.2, 0.25) is 0 Å². The van der Waals surface area contributed by atoms with Crippen LogP contribution in [0.5, 0.6) is 0 Å². The first-order valence-electron chi connectivity index (χ1n) is 6.30. The molecule has 2 nitrogen and oxygen atoms in total. The summed E-state index contributed by atoms with van der Waals surface area (Å²) in [7, 11) is 0. The molecule has 0 spiro atoms. The minimum atomic E-state index is 0.0742. The lowest BCUT2D eigenvalue weighted by molar-refractivity contribution is 0.101. The Kier molecular flexibility index (Phi) is 4.21. The molecule has 0 saturated carbocycles. The first-order chi connectivity index (χ1) is 8.22. The third-order valence-corrected chi connectivity index (χ3v) is 4.08. The molecule has 1 aliphatic carbocycles. The fraction of sp³-hybridized carbons (Fsp3) is 0.571. The lowest BCUT2D eigenvalue weighted by Gasteiger charge is -2.17. The fourth-order valence-corrected chi connectivity index (χ4v) is 3.08. The van der Waals surface area contributed by atoms with Gasteiger partial charge >= 0.3 is 0 Å². The molecule has 0 radical (unpaired) electrons. The molecule has 1 aromatic heterocycles.